The van der Waals surface area contributed by atoms with Gasteiger partial charge in [-0.05, 0) is 121 Å². The van der Waals surface area contributed by atoms with E-state index in [1.165, 1.54) is 110 Å². The second-order valence-corrected chi connectivity index (χ2v) is 13.1. The van der Waals surface area contributed by atoms with E-state index < -0.39 is 0 Å². The van der Waals surface area contributed by atoms with Crippen LogP contribution in [0.5, 0.6) is 0 Å². The molecule has 212 valence electrons. The Morgan fingerprint density at radius 3 is 1.74 bits per heavy atom. The van der Waals surface area contributed by atoms with Gasteiger partial charge in [-0.3, -0.25) is 0 Å². The van der Waals surface area contributed by atoms with E-state index in [-0.39, 0.29) is 6.71 Å². The standard InChI is InChI=1S/C40H39BN2/c1-26-19-21-32(22-20-26)42-36-24-31(30-14-6-5-7-15-30)25-37-38(36)41(34-17-9-12-28(3)39(34)42)35-18-10-13-29(4)40(35)43(37)33-16-8-11-27(2)23-33/h8-13,16-25,30H,5-7,14-15H2,1-4H3. The molecule has 0 radical (unpaired) electrons. The highest BCUT2D eigenvalue weighted by molar-refractivity contribution is 7.00. The van der Waals surface area contributed by atoms with E-state index in [9.17, 15) is 0 Å². The van der Waals surface area contributed by atoms with Gasteiger partial charge in [0.2, 0.25) is 0 Å². The first kappa shape index (κ1) is 26.4. The second kappa shape index (κ2) is 10.2. The van der Waals surface area contributed by atoms with Gasteiger partial charge in [0.15, 0.2) is 0 Å². The number of hydrogen-bond donors (Lipinski definition) is 0. The van der Waals surface area contributed by atoms with Gasteiger partial charge in [-0.25, -0.2) is 0 Å². The number of aryl methyl sites for hydroxylation is 4. The fraction of sp³-hybridized carbons (Fsp3) is 0.250. The van der Waals surface area contributed by atoms with Crippen LogP contribution >= 0.6 is 0 Å². The van der Waals surface area contributed by atoms with Crippen molar-refractivity contribution in [2.24, 2.45) is 0 Å². The lowest BCUT2D eigenvalue weighted by Crippen LogP contribution is -2.61. The number of fused-ring (bicyclic) bond motifs is 4. The summed E-state index contributed by atoms with van der Waals surface area (Å²) in [6, 6.07) is 37.2. The fourth-order valence-corrected chi connectivity index (χ4v) is 8.14. The van der Waals surface area contributed by atoms with Crippen molar-refractivity contribution in [3.05, 3.63) is 125 Å². The summed E-state index contributed by atoms with van der Waals surface area (Å²) in [7, 11) is 0. The molecule has 0 aromatic heterocycles. The Morgan fingerprint density at radius 1 is 0.558 bits per heavy atom. The summed E-state index contributed by atoms with van der Waals surface area (Å²) in [5.41, 5.74) is 18.8. The van der Waals surface area contributed by atoms with Crippen LogP contribution in [0, 0.1) is 27.7 Å². The van der Waals surface area contributed by atoms with Crippen molar-refractivity contribution in [3.8, 4) is 0 Å². The van der Waals surface area contributed by atoms with Gasteiger partial charge in [-0.1, -0.05) is 85.5 Å². The third kappa shape index (κ3) is 4.16. The van der Waals surface area contributed by atoms with Crippen LogP contribution in [0.25, 0.3) is 0 Å². The molecular formula is C40H39BN2. The smallest absolute Gasteiger partial charge is 0.252 e. The highest BCUT2D eigenvalue weighted by Gasteiger charge is 2.44. The molecule has 0 atom stereocenters. The van der Waals surface area contributed by atoms with E-state index in [1.54, 1.807) is 0 Å². The van der Waals surface area contributed by atoms with Crippen molar-refractivity contribution in [2.45, 2.75) is 65.7 Å². The van der Waals surface area contributed by atoms with Crippen molar-refractivity contribution in [3.63, 3.8) is 0 Å². The largest absolute Gasteiger partial charge is 0.311 e. The Morgan fingerprint density at radius 2 is 1.14 bits per heavy atom. The predicted molar refractivity (Wildman–Crippen MR) is 185 cm³/mol. The molecule has 0 bridgehead atoms. The molecule has 3 aliphatic rings. The van der Waals surface area contributed by atoms with Gasteiger partial charge in [0, 0.05) is 34.1 Å². The minimum Gasteiger partial charge on any atom is -0.311 e. The lowest BCUT2D eigenvalue weighted by molar-refractivity contribution is 0.444. The highest BCUT2D eigenvalue weighted by atomic mass is 15.2. The molecular weight excluding hydrogens is 519 g/mol. The van der Waals surface area contributed by atoms with Crippen LogP contribution in [0.3, 0.4) is 0 Å². The van der Waals surface area contributed by atoms with Crippen molar-refractivity contribution in [1.82, 2.24) is 0 Å². The topological polar surface area (TPSA) is 6.48 Å². The Balaban J connectivity index is 1.50. The maximum atomic E-state index is 2.59. The first-order chi connectivity index (χ1) is 21.0. The first-order valence-electron chi connectivity index (χ1n) is 16.1. The van der Waals surface area contributed by atoms with Crippen molar-refractivity contribution < 1.29 is 0 Å². The lowest BCUT2D eigenvalue weighted by atomic mass is 9.33. The van der Waals surface area contributed by atoms with Crippen molar-refractivity contribution in [1.29, 1.82) is 0 Å². The summed E-state index contributed by atoms with van der Waals surface area (Å²) in [6.45, 7) is 9.14. The summed E-state index contributed by atoms with van der Waals surface area (Å²) in [4.78, 5) is 5.18. The number of anilines is 6. The van der Waals surface area contributed by atoms with Crippen molar-refractivity contribution >= 4 is 57.2 Å². The number of para-hydroxylation sites is 2. The normalized spacial score (nSPS) is 15.7. The Kier molecular flexibility index (Phi) is 6.26. The summed E-state index contributed by atoms with van der Waals surface area (Å²) in [6.07, 6.45) is 6.57. The zero-order valence-corrected chi connectivity index (χ0v) is 25.8. The molecule has 1 saturated carbocycles. The second-order valence-electron chi connectivity index (χ2n) is 13.1. The van der Waals surface area contributed by atoms with E-state index in [0.717, 1.165) is 0 Å². The average Bonchev–Trinajstić information content (AvgIpc) is 3.02. The summed E-state index contributed by atoms with van der Waals surface area (Å²) in [5, 5.41) is 0. The molecule has 0 saturated heterocycles. The quantitative estimate of drug-likeness (QED) is 0.200. The summed E-state index contributed by atoms with van der Waals surface area (Å²) < 4.78 is 0. The minimum atomic E-state index is 0.179. The number of benzene rings is 5. The molecule has 0 amide bonds. The molecule has 2 heterocycles. The van der Waals surface area contributed by atoms with Gasteiger partial charge in [-0.2, -0.15) is 0 Å². The molecule has 0 unspecified atom stereocenters. The molecule has 3 heteroatoms. The van der Waals surface area contributed by atoms with Crippen LogP contribution in [0.1, 0.15) is 65.8 Å². The van der Waals surface area contributed by atoms with E-state index in [4.69, 9.17) is 0 Å². The van der Waals surface area contributed by atoms with Crippen LogP contribution in [0.15, 0.2) is 97.1 Å². The molecule has 2 aliphatic heterocycles. The van der Waals surface area contributed by atoms with Crippen LogP contribution < -0.4 is 26.2 Å². The number of hydrogen-bond acceptors (Lipinski definition) is 2. The maximum absolute atomic E-state index is 2.59. The summed E-state index contributed by atoms with van der Waals surface area (Å²) in [5.74, 6) is 0.601. The van der Waals surface area contributed by atoms with E-state index in [1.807, 2.05) is 0 Å². The van der Waals surface area contributed by atoms with Gasteiger partial charge in [0.1, 0.15) is 0 Å². The monoisotopic (exact) mass is 558 g/mol. The van der Waals surface area contributed by atoms with Gasteiger partial charge in [-0.15, -0.1) is 0 Å². The molecule has 2 nitrogen and oxygen atoms in total. The number of rotatable bonds is 3. The molecule has 0 spiro atoms. The van der Waals surface area contributed by atoms with Gasteiger partial charge in [0.05, 0.1) is 0 Å². The van der Waals surface area contributed by atoms with Gasteiger partial charge >= 0.3 is 0 Å². The van der Waals surface area contributed by atoms with Crippen LogP contribution in [-0.2, 0) is 0 Å². The average molecular weight is 559 g/mol. The van der Waals surface area contributed by atoms with Crippen LogP contribution in [-0.4, -0.2) is 6.71 Å². The van der Waals surface area contributed by atoms with E-state index >= 15 is 0 Å². The molecule has 5 aromatic rings. The molecule has 8 rings (SSSR count). The maximum Gasteiger partial charge on any atom is 0.252 e. The first-order valence-corrected chi connectivity index (χ1v) is 16.1. The van der Waals surface area contributed by atoms with E-state index in [2.05, 4.69) is 135 Å². The zero-order chi connectivity index (χ0) is 29.2. The molecule has 0 N–H and O–H groups in total. The predicted octanol–water partition coefficient (Wildman–Crippen LogP) is 9.05. The lowest BCUT2D eigenvalue weighted by Gasteiger charge is -2.45. The molecule has 1 aliphatic carbocycles. The molecule has 5 aromatic carbocycles. The van der Waals surface area contributed by atoms with Crippen LogP contribution in [0.2, 0.25) is 0 Å². The van der Waals surface area contributed by atoms with Crippen molar-refractivity contribution in [2.75, 3.05) is 9.80 Å². The molecule has 1 fully saturated rings. The minimum absolute atomic E-state index is 0.179. The van der Waals surface area contributed by atoms with Crippen LogP contribution in [0.4, 0.5) is 34.1 Å². The SMILES string of the molecule is Cc1ccc(N2c3cc(C4CCCCC4)cc4c3B(c3cccc(C)c32)c2cccc(C)c2N4c2cccc(C)c2)cc1. The third-order valence-corrected chi connectivity index (χ3v) is 10.2. The highest BCUT2D eigenvalue weighted by Crippen LogP contribution is 2.47. The van der Waals surface area contributed by atoms with Gasteiger partial charge in [0.25, 0.3) is 6.71 Å². The Hall–Kier alpha value is -4.24. The number of nitrogens with zero attached hydrogens (tertiary/aromatic N) is 2. The Labute approximate surface area is 257 Å². The summed E-state index contributed by atoms with van der Waals surface area (Å²) >= 11 is 0. The van der Waals surface area contributed by atoms with E-state index in [0.29, 0.717) is 5.92 Å². The third-order valence-electron chi connectivity index (χ3n) is 10.2. The fourth-order valence-electron chi connectivity index (χ4n) is 8.14. The molecule has 43 heavy (non-hydrogen) atoms. The van der Waals surface area contributed by atoms with Gasteiger partial charge < -0.3 is 9.80 Å². The Bertz CT molecular complexity index is 1870. The zero-order valence-electron chi connectivity index (χ0n) is 25.8.